The Bertz CT molecular complexity index is 633. The number of nitro benzene ring substituents is 1. The second-order valence-corrected chi connectivity index (χ2v) is 4.06. The van der Waals surface area contributed by atoms with E-state index in [2.05, 4.69) is 10.4 Å². The number of hydrogen-bond donors (Lipinski definition) is 2. The van der Waals surface area contributed by atoms with Crippen LogP contribution in [-0.4, -0.2) is 25.8 Å². The molecule has 0 saturated carbocycles. The van der Waals surface area contributed by atoms with Gasteiger partial charge in [0.05, 0.1) is 22.7 Å². The zero-order chi connectivity index (χ0) is 14.7. The highest BCUT2D eigenvalue weighted by Crippen LogP contribution is 2.28. The fourth-order valence-corrected chi connectivity index (χ4v) is 1.81. The van der Waals surface area contributed by atoms with E-state index in [-0.39, 0.29) is 23.5 Å². The molecule has 0 fully saturated rings. The third-order valence-electron chi connectivity index (χ3n) is 2.84. The van der Waals surface area contributed by atoms with E-state index in [9.17, 15) is 14.9 Å². The molecule has 0 aliphatic carbocycles. The summed E-state index contributed by atoms with van der Waals surface area (Å²) in [6, 6.07) is 5.66. The largest absolute Gasteiger partial charge is 0.478 e. The van der Waals surface area contributed by atoms with E-state index in [1.807, 2.05) is 0 Å². The molecule has 0 saturated heterocycles. The summed E-state index contributed by atoms with van der Waals surface area (Å²) < 4.78 is 1.60. The van der Waals surface area contributed by atoms with Crippen LogP contribution in [0, 0.1) is 10.1 Å². The van der Waals surface area contributed by atoms with Crippen molar-refractivity contribution in [1.29, 1.82) is 0 Å². The maximum absolute atomic E-state index is 11.1. The normalized spacial score (nSPS) is 10.2. The van der Waals surface area contributed by atoms with Crippen molar-refractivity contribution in [2.45, 2.75) is 6.54 Å². The summed E-state index contributed by atoms with van der Waals surface area (Å²) >= 11 is 0. The first-order valence-electron chi connectivity index (χ1n) is 5.72. The molecule has 8 nitrogen and oxygen atoms in total. The number of anilines is 1. The van der Waals surface area contributed by atoms with Gasteiger partial charge in [-0.2, -0.15) is 5.10 Å². The third-order valence-corrected chi connectivity index (χ3v) is 2.84. The summed E-state index contributed by atoms with van der Waals surface area (Å²) in [6.07, 6.45) is 1.59. The zero-order valence-corrected chi connectivity index (χ0v) is 10.6. The second-order valence-electron chi connectivity index (χ2n) is 4.06. The fraction of sp³-hybridized carbons (Fsp3) is 0.167. The number of benzene rings is 1. The van der Waals surface area contributed by atoms with Gasteiger partial charge in [-0.3, -0.25) is 14.8 Å². The molecule has 0 aliphatic rings. The standard InChI is InChI=1S/C12H12N4O4/c1-15-8(5-6-14-15)7-13-11-9(12(17)18)3-2-4-10(11)16(19)20/h2-6,13H,7H2,1H3,(H,17,18). The quantitative estimate of drug-likeness (QED) is 0.634. The predicted molar refractivity (Wildman–Crippen MR) is 70.6 cm³/mol. The maximum atomic E-state index is 11.1. The van der Waals surface area contributed by atoms with Crippen LogP contribution in [0.3, 0.4) is 0 Å². The van der Waals surface area contributed by atoms with Gasteiger partial charge in [-0.15, -0.1) is 0 Å². The summed E-state index contributed by atoms with van der Waals surface area (Å²) in [4.78, 5) is 21.5. The number of para-hydroxylation sites is 1. The van der Waals surface area contributed by atoms with E-state index in [4.69, 9.17) is 5.11 Å². The van der Waals surface area contributed by atoms with Gasteiger partial charge in [-0.05, 0) is 12.1 Å². The highest BCUT2D eigenvalue weighted by atomic mass is 16.6. The van der Waals surface area contributed by atoms with Crippen molar-refractivity contribution in [3.05, 3.63) is 51.8 Å². The van der Waals surface area contributed by atoms with Crippen molar-refractivity contribution < 1.29 is 14.8 Å². The Morgan fingerprint density at radius 3 is 2.80 bits per heavy atom. The second kappa shape index (κ2) is 5.39. The first-order chi connectivity index (χ1) is 9.50. The third kappa shape index (κ3) is 2.58. The van der Waals surface area contributed by atoms with Crippen LogP contribution in [0.2, 0.25) is 0 Å². The molecule has 0 spiro atoms. The highest BCUT2D eigenvalue weighted by Gasteiger charge is 2.21. The first kappa shape index (κ1) is 13.5. The number of nitro groups is 1. The molecule has 8 heteroatoms. The molecular formula is C12H12N4O4. The lowest BCUT2D eigenvalue weighted by Gasteiger charge is -2.10. The number of aromatic carboxylic acids is 1. The Morgan fingerprint density at radius 2 is 2.25 bits per heavy atom. The average molecular weight is 276 g/mol. The van der Waals surface area contributed by atoms with E-state index in [0.717, 1.165) is 5.69 Å². The monoisotopic (exact) mass is 276 g/mol. The van der Waals surface area contributed by atoms with Crippen LogP contribution >= 0.6 is 0 Å². The number of carboxylic acid groups (broad SMARTS) is 1. The molecule has 2 rings (SSSR count). The van der Waals surface area contributed by atoms with Gasteiger partial charge in [0.25, 0.3) is 5.69 Å². The SMILES string of the molecule is Cn1nccc1CNc1c(C(=O)O)cccc1[N+](=O)[O-]. The van der Waals surface area contributed by atoms with Crippen molar-refractivity contribution >= 4 is 17.3 Å². The van der Waals surface area contributed by atoms with Gasteiger partial charge < -0.3 is 10.4 Å². The van der Waals surface area contributed by atoms with Crippen molar-refractivity contribution in [2.24, 2.45) is 7.05 Å². The lowest BCUT2D eigenvalue weighted by atomic mass is 10.1. The van der Waals surface area contributed by atoms with Crippen molar-refractivity contribution in [1.82, 2.24) is 9.78 Å². The van der Waals surface area contributed by atoms with Crippen molar-refractivity contribution in [3.8, 4) is 0 Å². The van der Waals surface area contributed by atoms with Gasteiger partial charge in [-0.1, -0.05) is 6.07 Å². The number of nitrogens with one attached hydrogen (secondary N) is 1. The minimum absolute atomic E-state index is 0.00815. The molecule has 1 aromatic heterocycles. The topological polar surface area (TPSA) is 110 Å². The Balaban J connectivity index is 2.36. The number of carbonyl (C=O) groups is 1. The van der Waals surface area contributed by atoms with Gasteiger partial charge in [-0.25, -0.2) is 4.79 Å². The minimum atomic E-state index is -1.22. The molecule has 0 amide bonds. The van der Waals surface area contributed by atoms with Crippen LogP contribution in [-0.2, 0) is 13.6 Å². The van der Waals surface area contributed by atoms with Crippen molar-refractivity contribution in [3.63, 3.8) is 0 Å². The molecule has 0 radical (unpaired) electrons. The highest BCUT2D eigenvalue weighted by molar-refractivity contribution is 5.96. The van der Waals surface area contributed by atoms with Gasteiger partial charge >= 0.3 is 5.97 Å². The maximum Gasteiger partial charge on any atom is 0.338 e. The van der Waals surface area contributed by atoms with E-state index in [1.165, 1.54) is 18.2 Å². The Morgan fingerprint density at radius 1 is 1.50 bits per heavy atom. The van der Waals surface area contributed by atoms with Crippen LogP contribution in [0.4, 0.5) is 11.4 Å². The summed E-state index contributed by atoms with van der Waals surface area (Å²) in [5, 5.41) is 26.9. The first-order valence-corrected chi connectivity index (χ1v) is 5.72. The van der Waals surface area contributed by atoms with E-state index in [1.54, 1.807) is 24.0 Å². The summed E-state index contributed by atoms with van der Waals surface area (Å²) in [5.41, 5.74) is 0.360. The zero-order valence-electron chi connectivity index (χ0n) is 10.6. The Hall–Kier alpha value is -2.90. The molecule has 0 bridgehead atoms. The Kier molecular flexibility index (Phi) is 3.65. The van der Waals surface area contributed by atoms with Gasteiger partial charge in [0.2, 0.25) is 0 Å². The molecule has 2 aromatic rings. The number of nitrogens with zero attached hydrogens (tertiary/aromatic N) is 3. The molecule has 1 heterocycles. The smallest absolute Gasteiger partial charge is 0.338 e. The fourth-order valence-electron chi connectivity index (χ4n) is 1.81. The molecule has 0 unspecified atom stereocenters. The van der Waals surface area contributed by atoms with Crippen LogP contribution < -0.4 is 5.32 Å². The van der Waals surface area contributed by atoms with E-state index < -0.39 is 10.9 Å². The van der Waals surface area contributed by atoms with Gasteiger partial charge in [0.1, 0.15) is 5.69 Å². The van der Waals surface area contributed by atoms with Gasteiger partial charge in [0, 0.05) is 19.3 Å². The van der Waals surface area contributed by atoms with Crippen LogP contribution in [0.25, 0.3) is 0 Å². The van der Waals surface area contributed by atoms with Crippen LogP contribution in [0.1, 0.15) is 16.1 Å². The summed E-state index contributed by atoms with van der Waals surface area (Å²) in [6.45, 7) is 0.238. The minimum Gasteiger partial charge on any atom is -0.478 e. The summed E-state index contributed by atoms with van der Waals surface area (Å²) in [7, 11) is 1.73. The molecule has 20 heavy (non-hydrogen) atoms. The van der Waals surface area contributed by atoms with Crippen LogP contribution in [0.5, 0.6) is 0 Å². The molecule has 2 N–H and O–H groups in total. The predicted octanol–water partition coefficient (Wildman–Crippen LogP) is 1.64. The average Bonchev–Trinajstić information content (AvgIpc) is 2.81. The number of rotatable bonds is 5. The molecule has 0 atom stereocenters. The summed E-state index contributed by atoms with van der Waals surface area (Å²) in [5.74, 6) is -1.22. The van der Waals surface area contributed by atoms with Gasteiger partial charge in [0.15, 0.2) is 0 Å². The Labute approximate surface area is 113 Å². The number of aromatic nitrogens is 2. The number of aryl methyl sites for hydroxylation is 1. The molecule has 0 aliphatic heterocycles. The van der Waals surface area contributed by atoms with Crippen LogP contribution in [0.15, 0.2) is 30.5 Å². The lowest BCUT2D eigenvalue weighted by Crippen LogP contribution is -2.11. The lowest BCUT2D eigenvalue weighted by molar-refractivity contribution is -0.384. The van der Waals surface area contributed by atoms with E-state index >= 15 is 0 Å². The molecular weight excluding hydrogens is 264 g/mol. The molecule has 104 valence electrons. The number of hydrogen-bond acceptors (Lipinski definition) is 5. The molecule has 1 aromatic carbocycles. The van der Waals surface area contributed by atoms with Crippen molar-refractivity contribution in [2.75, 3.05) is 5.32 Å². The van der Waals surface area contributed by atoms with E-state index in [0.29, 0.717) is 0 Å². The number of carboxylic acids is 1.